The van der Waals surface area contributed by atoms with Gasteiger partial charge in [0.15, 0.2) is 0 Å². The molecule has 1 aromatic carbocycles. The molecule has 2 rings (SSSR count). The number of nitrogens with zero attached hydrogens (tertiary/aromatic N) is 2. The molecule has 0 saturated carbocycles. The quantitative estimate of drug-likeness (QED) is 0.934. The van der Waals surface area contributed by atoms with Crippen molar-refractivity contribution < 1.29 is 4.79 Å². The molecule has 0 aliphatic rings. The van der Waals surface area contributed by atoms with Crippen LogP contribution in [-0.2, 0) is 13.1 Å². The van der Waals surface area contributed by atoms with Crippen molar-refractivity contribution in [1.29, 1.82) is 0 Å². The largest absolute Gasteiger partial charge is 0.348 e. The van der Waals surface area contributed by atoms with Gasteiger partial charge in [0.2, 0.25) is 0 Å². The molecular formula is C14H16ClN3O. The Labute approximate surface area is 117 Å². The van der Waals surface area contributed by atoms with Crippen LogP contribution in [0.1, 0.15) is 28.5 Å². The van der Waals surface area contributed by atoms with E-state index in [0.29, 0.717) is 17.1 Å². The number of amides is 1. The summed E-state index contributed by atoms with van der Waals surface area (Å²) in [7, 11) is 0. The number of hydrogen-bond acceptors (Lipinski definition) is 2. The van der Waals surface area contributed by atoms with Crippen molar-refractivity contribution in [3.8, 4) is 0 Å². The third kappa shape index (κ3) is 3.15. The second kappa shape index (κ2) is 5.89. The van der Waals surface area contributed by atoms with E-state index in [1.165, 1.54) is 0 Å². The van der Waals surface area contributed by atoms with E-state index in [1.807, 2.05) is 38.1 Å². The Balaban J connectivity index is 2.01. The average molecular weight is 278 g/mol. The molecule has 5 heteroatoms. The lowest BCUT2D eigenvalue weighted by molar-refractivity contribution is 0.0950. The van der Waals surface area contributed by atoms with Crippen LogP contribution in [0.3, 0.4) is 0 Å². The summed E-state index contributed by atoms with van der Waals surface area (Å²) >= 11 is 5.81. The lowest BCUT2D eigenvalue weighted by Crippen LogP contribution is -2.23. The van der Waals surface area contributed by atoms with E-state index < -0.39 is 0 Å². The van der Waals surface area contributed by atoms with Gasteiger partial charge >= 0.3 is 0 Å². The minimum atomic E-state index is -0.104. The highest BCUT2D eigenvalue weighted by molar-refractivity contribution is 6.30. The number of halogens is 1. The fourth-order valence-electron chi connectivity index (χ4n) is 1.87. The maximum atomic E-state index is 12.0. The molecule has 0 aliphatic heterocycles. The first-order valence-corrected chi connectivity index (χ1v) is 6.54. The van der Waals surface area contributed by atoms with Crippen molar-refractivity contribution in [2.45, 2.75) is 26.9 Å². The van der Waals surface area contributed by atoms with E-state index in [4.69, 9.17) is 11.6 Å². The van der Waals surface area contributed by atoms with Gasteiger partial charge in [0, 0.05) is 23.8 Å². The van der Waals surface area contributed by atoms with Crippen LogP contribution >= 0.6 is 11.6 Å². The van der Waals surface area contributed by atoms with Gasteiger partial charge < -0.3 is 5.32 Å². The summed E-state index contributed by atoms with van der Waals surface area (Å²) in [5.41, 5.74) is 2.52. The fraction of sp³-hybridized carbons (Fsp3) is 0.286. The van der Waals surface area contributed by atoms with Crippen LogP contribution in [0.15, 0.2) is 30.5 Å². The van der Waals surface area contributed by atoms with E-state index in [0.717, 1.165) is 17.8 Å². The molecule has 100 valence electrons. The van der Waals surface area contributed by atoms with Crippen molar-refractivity contribution >= 4 is 17.5 Å². The summed E-state index contributed by atoms with van der Waals surface area (Å²) in [4.78, 5) is 12.0. The van der Waals surface area contributed by atoms with Crippen LogP contribution in [0.5, 0.6) is 0 Å². The van der Waals surface area contributed by atoms with Crippen LogP contribution in [-0.4, -0.2) is 15.7 Å². The van der Waals surface area contributed by atoms with Crippen molar-refractivity contribution in [3.05, 3.63) is 52.3 Å². The van der Waals surface area contributed by atoms with Crippen LogP contribution in [0.2, 0.25) is 5.02 Å². The Morgan fingerprint density at radius 2 is 2.05 bits per heavy atom. The first kappa shape index (κ1) is 13.6. The molecule has 0 fully saturated rings. The minimum Gasteiger partial charge on any atom is -0.348 e. The van der Waals surface area contributed by atoms with Crippen molar-refractivity contribution in [3.63, 3.8) is 0 Å². The second-order valence-corrected chi connectivity index (χ2v) is 4.70. The minimum absolute atomic E-state index is 0.104. The first-order chi connectivity index (χ1) is 9.11. The lowest BCUT2D eigenvalue weighted by Gasteiger charge is -2.05. The highest BCUT2D eigenvalue weighted by Gasteiger charge is 2.12. The van der Waals surface area contributed by atoms with Crippen LogP contribution < -0.4 is 5.32 Å². The van der Waals surface area contributed by atoms with E-state index in [9.17, 15) is 4.79 Å². The molecule has 2 aromatic rings. The summed E-state index contributed by atoms with van der Waals surface area (Å²) < 4.78 is 1.80. The molecule has 1 aromatic heterocycles. The van der Waals surface area contributed by atoms with Gasteiger partial charge in [0.25, 0.3) is 5.91 Å². The summed E-state index contributed by atoms with van der Waals surface area (Å²) in [5, 5.41) is 7.73. The Bertz CT molecular complexity index is 575. The van der Waals surface area contributed by atoms with E-state index in [1.54, 1.807) is 10.9 Å². The van der Waals surface area contributed by atoms with Gasteiger partial charge in [-0.1, -0.05) is 23.7 Å². The number of nitrogens with one attached hydrogen (secondary N) is 1. The van der Waals surface area contributed by atoms with Gasteiger partial charge in [0.1, 0.15) is 0 Å². The van der Waals surface area contributed by atoms with Gasteiger partial charge in [-0.15, -0.1) is 0 Å². The molecular weight excluding hydrogens is 262 g/mol. The molecule has 0 spiro atoms. The van der Waals surface area contributed by atoms with Gasteiger partial charge in [-0.3, -0.25) is 9.48 Å². The third-order valence-electron chi connectivity index (χ3n) is 3.01. The van der Waals surface area contributed by atoms with Crippen molar-refractivity contribution in [2.24, 2.45) is 0 Å². The Morgan fingerprint density at radius 1 is 1.37 bits per heavy atom. The van der Waals surface area contributed by atoms with E-state index >= 15 is 0 Å². The number of rotatable bonds is 4. The topological polar surface area (TPSA) is 46.9 Å². The maximum absolute atomic E-state index is 12.0. The van der Waals surface area contributed by atoms with Gasteiger partial charge in [-0.25, -0.2) is 0 Å². The molecule has 0 saturated heterocycles. The number of hydrogen-bond donors (Lipinski definition) is 1. The normalized spacial score (nSPS) is 10.5. The Morgan fingerprint density at radius 3 is 2.63 bits per heavy atom. The standard InChI is InChI=1S/C14H16ClN3O/c1-3-18-10(2)13(9-17-18)14(19)16-8-11-4-6-12(15)7-5-11/h4-7,9H,3,8H2,1-2H3,(H,16,19). The van der Waals surface area contributed by atoms with Crippen molar-refractivity contribution in [1.82, 2.24) is 15.1 Å². The molecule has 4 nitrogen and oxygen atoms in total. The van der Waals surface area contributed by atoms with E-state index in [-0.39, 0.29) is 5.91 Å². The Kier molecular flexibility index (Phi) is 4.22. The molecule has 0 radical (unpaired) electrons. The van der Waals surface area contributed by atoms with Crippen LogP contribution in [0.4, 0.5) is 0 Å². The lowest BCUT2D eigenvalue weighted by atomic mass is 10.2. The van der Waals surface area contributed by atoms with Gasteiger partial charge in [-0.2, -0.15) is 5.10 Å². The monoisotopic (exact) mass is 277 g/mol. The molecule has 0 aliphatic carbocycles. The van der Waals surface area contributed by atoms with E-state index in [2.05, 4.69) is 10.4 Å². The number of carbonyl (C=O) groups excluding carboxylic acids is 1. The highest BCUT2D eigenvalue weighted by Crippen LogP contribution is 2.10. The number of benzene rings is 1. The van der Waals surface area contributed by atoms with Crippen molar-refractivity contribution in [2.75, 3.05) is 0 Å². The number of aromatic nitrogens is 2. The zero-order valence-electron chi connectivity index (χ0n) is 11.0. The smallest absolute Gasteiger partial charge is 0.255 e. The first-order valence-electron chi connectivity index (χ1n) is 6.17. The van der Waals surface area contributed by atoms with Gasteiger partial charge in [-0.05, 0) is 31.5 Å². The van der Waals surface area contributed by atoms with Crippen LogP contribution in [0.25, 0.3) is 0 Å². The predicted octanol–water partition coefficient (Wildman–Crippen LogP) is 2.79. The maximum Gasteiger partial charge on any atom is 0.255 e. The zero-order chi connectivity index (χ0) is 13.8. The zero-order valence-corrected chi connectivity index (χ0v) is 11.7. The average Bonchev–Trinajstić information content (AvgIpc) is 2.79. The molecule has 0 atom stereocenters. The number of carbonyl (C=O) groups is 1. The fourth-order valence-corrected chi connectivity index (χ4v) is 1.99. The number of aryl methyl sites for hydroxylation is 1. The molecule has 0 bridgehead atoms. The third-order valence-corrected chi connectivity index (χ3v) is 3.27. The predicted molar refractivity (Wildman–Crippen MR) is 75.3 cm³/mol. The molecule has 1 heterocycles. The summed E-state index contributed by atoms with van der Waals surface area (Å²) in [6.45, 7) is 5.13. The molecule has 1 N–H and O–H groups in total. The molecule has 1 amide bonds. The highest BCUT2D eigenvalue weighted by atomic mass is 35.5. The summed E-state index contributed by atoms with van der Waals surface area (Å²) in [6.07, 6.45) is 1.61. The SMILES string of the molecule is CCn1ncc(C(=O)NCc2ccc(Cl)cc2)c1C. The van der Waals surface area contributed by atoms with Crippen LogP contribution in [0, 0.1) is 6.92 Å². The molecule has 0 unspecified atom stereocenters. The second-order valence-electron chi connectivity index (χ2n) is 4.27. The Hall–Kier alpha value is -1.81. The summed E-state index contributed by atoms with van der Waals surface area (Å²) in [5.74, 6) is -0.104. The van der Waals surface area contributed by atoms with Gasteiger partial charge in [0.05, 0.1) is 11.8 Å². The summed E-state index contributed by atoms with van der Waals surface area (Å²) in [6, 6.07) is 7.41. The molecule has 19 heavy (non-hydrogen) atoms.